The van der Waals surface area contributed by atoms with Crippen LogP contribution in [0.1, 0.15) is 33.1 Å². The van der Waals surface area contributed by atoms with Gasteiger partial charge in [-0.25, -0.2) is 4.79 Å². The van der Waals surface area contributed by atoms with Gasteiger partial charge >= 0.3 is 6.03 Å². The first-order valence-electron chi connectivity index (χ1n) is 4.95. The molecular weight excluding hydrogens is 164 g/mol. The van der Waals surface area contributed by atoms with E-state index >= 15 is 0 Å². The van der Waals surface area contributed by atoms with Crippen LogP contribution in [0.25, 0.3) is 0 Å². The van der Waals surface area contributed by atoms with Crippen LogP contribution in [0.2, 0.25) is 0 Å². The predicted molar refractivity (Wildman–Crippen MR) is 53.3 cm³/mol. The number of urea groups is 1. The molecule has 0 bridgehead atoms. The molecule has 3 nitrogen and oxygen atoms in total. The fourth-order valence-electron chi connectivity index (χ4n) is 1.13. The van der Waals surface area contributed by atoms with E-state index in [9.17, 15) is 4.79 Å². The number of hydrogen-bond acceptors (Lipinski definition) is 1. The van der Waals surface area contributed by atoms with Gasteiger partial charge < -0.3 is 10.6 Å². The lowest BCUT2D eigenvalue weighted by molar-refractivity contribution is 0.244. The van der Waals surface area contributed by atoms with E-state index in [4.69, 9.17) is 0 Å². The summed E-state index contributed by atoms with van der Waals surface area (Å²) in [5.41, 5.74) is 1.28. The fourth-order valence-corrected chi connectivity index (χ4v) is 1.13. The number of carbonyl (C=O) groups is 1. The summed E-state index contributed by atoms with van der Waals surface area (Å²) in [5, 5.41) is 5.48. The monoisotopic (exact) mass is 182 g/mol. The topological polar surface area (TPSA) is 41.1 Å². The van der Waals surface area contributed by atoms with Crippen LogP contribution in [0.3, 0.4) is 0 Å². The Balaban J connectivity index is 2.16. The summed E-state index contributed by atoms with van der Waals surface area (Å²) < 4.78 is 0. The number of hydrogen-bond donors (Lipinski definition) is 2. The van der Waals surface area contributed by atoms with E-state index in [-0.39, 0.29) is 6.03 Å². The Kier molecular flexibility index (Phi) is 3.80. The second-order valence-electron chi connectivity index (χ2n) is 3.56. The Bertz CT molecular complexity index is 207. The lowest BCUT2D eigenvalue weighted by Gasteiger charge is -2.03. The van der Waals surface area contributed by atoms with E-state index in [0.717, 1.165) is 18.9 Å². The molecule has 2 N–H and O–H groups in total. The zero-order valence-corrected chi connectivity index (χ0v) is 8.39. The van der Waals surface area contributed by atoms with E-state index in [0.29, 0.717) is 0 Å². The molecule has 0 saturated heterocycles. The molecule has 3 heteroatoms. The molecule has 0 aromatic rings. The molecule has 1 saturated carbocycles. The van der Waals surface area contributed by atoms with Crippen LogP contribution in [-0.4, -0.2) is 12.6 Å². The van der Waals surface area contributed by atoms with Crippen LogP contribution < -0.4 is 10.6 Å². The lowest BCUT2D eigenvalue weighted by atomic mass is 10.2. The van der Waals surface area contributed by atoms with Crippen LogP contribution in [0.15, 0.2) is 11.8 Å². The zero-order chi connectivity index (χ0) is 9.68. The predicted octanol–water partition coefficient (Wildman–Crippen LogP) is 2.01. The number of nitrogens with one attached hydrogen (secondary N) is 2. The van der Waals surface area contributed by atoms with Gasteiger partial charge in [0.15, 0.2) is 0 Å². The van der Waals surface area contributed by atoms with Crippen molar-refractivity contribution in [3.05, 3.63) is 11.8 Å². The third-order valence-corrected chi connectivity index (χ3v) is 2.19. The van der Waals surface area contributed by atoms with Gasteiger partial charge in [0.25, 0.3) is 0 Å². The Morgan fingerprint density at radius 3 is 2.77 bits per heavy atom. The van der Waals surface area contributed by atoms with Crippen molar-refractivity contribution < 1.29 is 4.79 Å². The Morgan fingerprint density at radius 2 is 2.23 bits per heavy atom. The Morgan fingerprint density at radius 1 is 1.54 bits per heavy atom. The second-order valence-corrected chi connectivity index (χ2v) is 3.56. The maximum absolute atomic E-state index is 11.1. The molecule has 1 aliphatic rings. The molecule has 0 unspecified atom stereocenters. The lowest BCUT2D eigenvalue weighted by Crippen LogP contribution is -2.32. The largest absolute Gasteiger partial charge is 0.338 e. The maximum atomic E-state index is 11.1. The molecule has 0 aromatic carbocycles. The van der Waals surface area contributed by atoms with Crippen molar-refractivity contribution in [1.82, 2.24) is 10.6 Å². The van der Waals surface area contributed by atoms with E-state index < -0.39 is 0 Å². The molecule has 13 heavy (non-hydrogen) atoms. The molecule has 0 radical (unpaired) electrons. The number of carbonyl (C=O) groups excluding carboxylic acids is 1. The van der Waals surface area contributed by atoms with Crippen molar-refractivity contribution in [2.75, 3.05) is 6.54 Å². The van der Waals surface area contributed by atoms with Crippen LogP contribution in [-0.2, 0) is 0 Å². The summed E-state index contributed by atoms with van der Waals surface area (Å²) in [5.74, 6) is 0.728. The Hall–Kier alpha value is -0.990. The number of amides is 2. The highest BCUT2D eigenvalue weighted by molar-refractivity contribution is 5.74. The Labute approximate surface area is 79.6 Å². The number of allylic oxidation sites excluding steroid dienone is 1. The van der Waals surface area contributed by atoms with E-state index in [2.05, 4.69) is 17.6 Å². The van der Waals surface area contributed by atoms with Crippen molar-refractivity contribution in [1.29, 1.82) is 0 Å². The van der Waals surface area contributed by atoms with Crippen LogP contribution >= 0.6 is 0 Å². The normalized spacial score (nSPS) is 16.9. The quantitative estimate of drug-likeness (QED) is 0.686. The van der Waals surface area contributed by atoms with Crippen molar-refractivity contribution in [3.63, 3.8) is 0 Å². The van der Waals surface area contributed by atoms with Gasteiger partial charge in [0.05, 0.1) is 0 Å². The molecule has 0 spiro atoms. The SMILES string of the molecule is CCCNC(=O)N/C=C(\C)C1CC1. The van der Waals surface area contributed by atoms with Crippen LogP contribution in [0.5, 0.6) is 0 Å². The molecule has 0 atom stereocenters. The molecule has 2 amide bonds. The summed E-state index contributed by atoms with van der Waals surface area (Å²) in [6, 6.07) is -0.0955. The first-order chi connectivity index (χ1) is 6.24. The second kappa shape index (κ2) is 4.90. The van der Waals surface area contributed by atoms with E-state index in [1.165, 1.54) is 18.4 Å². The number of rotatable bonds is 4. The third kappa shape index (κ3) is 3.97. The van der Waals surface area contributed by atoms with E-state index in [1.54, 1.807) is 0 Å². The molecule has 0 aliphatic heterocycles. The maximum Gasteiger partial charge on any atom is 0.318 e. The smallest absolute Gasteiger partial charge is 0.318 e. The van der Waals surface area contributed by atoms with Crippen LogP contribution in [0.4, 0.5) is 4.79 Å². The van der Waals surface area contributed by atoms with Crippen molar-refractivity contribution in [3.8, 4) is 0 Å². The average Bonchev–Trinajstić information content (AvgIpc) is 2.93. The summed E-state index contributed by atoms with van der Waals surface area (Å²) in [6.45, 7) is 4.84. The van der Waals surface area contributed by atoms with Gasteiger partial charge in [0.1, 0.15) is 0 Å². The summed E-state index contributed by atoms with van der Waals surface area (Å²) in [4.78, 5) is 11.1. The average molecular weight is 182 g/mol. The third-order valence-electron chi connectivity index (χ3n) is 2.19. The highest BCUT2D eigenvalue weighted by Gasteiger charge is 2.22. The molecule has 1 aliphatic carbocycles. The zero-order valence-electron chi connectivity index (χ0n) is 8.39. The highest BCUT2D eigenvalue weighted by Crippen LogP contribution is 2.35. The van der Waals surface area contributed by atoms with Gasteiger partial charge in [0, 0.05) is 12.7 Å². The van der Waals surface area contributed by atoms with Gasteiger partial charge in [-0.1, -0.05) is 12.5 Å². The summed E-state index contributed by atoms with van der Waals surface area (Å²) >= 11 is 0. The minimum absolute atomic E-state index is 0.0955. The molecule has 74 valence electrons. The fraction of sp³-hybridized carbons (Fsp3) is 0.700. The van der Waals surface area contributed by atoms with Crippen LogP contribution in [0, 0.1) is 5.92 Å². The van der Waals surface area contributed by atoms with Gasteiger partial charge in [-0.3, -0.25) is 0 Å². The van der Waals surface area contributed by atoms with Gasteiger partial charge in [-0.2, -0.15) is 0 Å². The highest BCUT2D eigenvalue weighted by atomic mass is 16.2. The van der Waals surface area contributed by atoms with Gasteiger partial charge in [-0.15, -0.1) is 0 Å². The first kappa shape index (κ1) is 10.1. The van der Waals surface area contributed by atoms with Crippen molar-refractivity contribution in [2.45, 2.75) is 33.1 Å². The van der Waals surface area contributed by atoms with E-state index in [1.807, 2.05) is 13.1 Å². The molecule has 0 aromatic heterocycles. The van der Waals surface area contributed by atoms with Crippen molar-refractivity contribution in [2.24, 2.45) is 5.92 Å². The molecule has 1 fully saturated rings. The molecule has 0 heterocycles. The van der Waals surface area contributed by atoms with Gasteiger partial charge in [-0.05, 0) is 32.1 Å². The molecular formula is C10H18N2O. The standard InChI is InChI=1S/C10H18N2O/c1-3-6-11-10(13)12-7-8(2)9-4-5-9/h7,9H,3-6H2,1-2H3,(H2,11,12,13)/b8-7+. The first-order valence-corrected chi connectivity index (χ1v) is 4.95. The summed E-state index contributed by atoms with van der Waals surface area (Å²) in [6.07, 6.45) is 5.35. The van der Waals surface area contributed by atoms with Crippen molar-refractivity contribution >= 4 is 6.03 Å². The minimum Gasteiger partial charge on any atom is -0.338 e. The van der Waals surface area contributed by atoms with Gasteiger partial charge in [0.2, 0.25) is 0 Å². The summed E-state index contributed by atoms with van der Waals surface area (Å²) in [7, 11) is 0. The molecule has 1 rings (SSSR count). The minimum atomic E-state index is -0.0955.